The van der Waals surface area contributed by atoms with Crippen molar-refractivity contribution in [3.63, 3.8) is 0 Å². The molecule has 1 atom stereocenters. The summed E-state index contributed by atoms with van der Waals surface area (Å²) in [5.41, 5.74) is 3.99. The minimum Gasteiger partial charge on any atom is -0.394 e. The molecule has 2 aromatic carbocycles. The molecule has 0 spiro atoms. The van der Waals surface area contributed by atoms with E-state index < -0.39 is 11.6 Å². The number of aliphatic hydroxyl groups is 3. The lowest BCUT2D eigenvalue weighted by Crippen LogP contribution is -2.50. The Balaban J connectivity index is 1.80. The molecule has 4 N–H and O–H groups in total. The van der Waals surface area contributed by atoms with Gasteiger partial charge in [0.1, 0.15) is 0 Å². The van der Waals surface area contributed by atoms with E-state index in [9.17, 15) is 15.3 Å². The summed E-state index contributed by atoms with van der Waals surface area (Å²) in [4.78, 5) is 0. The van der Waals surface area contributed by atoms with Gasteiger partial charge in [-0.1, -0.05) is 62.4 Å². The third kappa shape index (κ3) is 6.93. The molecule has 0 saturated carbocycles. The molecule has 2 rings (SSSR count). The number of likely N-dealkylation sites (N-methyl/N-ethyl adjacent to an activating group) is 1. The van der Waals surface area contributed by atoms with Gasteiger partial charge in [-0.2, -0.15) is 0 Å². The number of hydrogen-bond donors (Lipinski definition) is 4. The van der Waals surface area contributed by atoms with Crippen LogP contribution in [0.2, 0.25) is 0 Å². The van der Waals surface area contributed by atoms with E-state index in [1.54, 1.807) is 7.05 Å². The van der Waals surface area contributed by atoms with Crippen molar-refractivity contribution < 1.29 is 15.3 Å². The van der Waals surface area contributed by atoms with Crippen LogP contribution in [-0.4, -0.2) is 41.1 Å². The van der Waals surface area contributed by atoms with Crippen LogP contribution in [0.15, 0.2) is 48.5 Å². The number of nitrogens with one attached hydrogen (secondary N) is 1. The van der Waals surface area contributed by atoms with Gasteiger partial charge in [0, 0.05) is 6.42 Å². The van der Waals surface area contributed by atoms with Crippen molar-refractivity contribution in [2.24, 2.45) is 0 Å². The van der Waals surface area contributed by atoms with E-state index in [-0.39, 0.29) is 19.6 Å². The van der Waals surface area contributed by atoms with Gasteiger partial charge in [0.25, 0.3) is 0 Å². The molecule has 4 heteroatoms. The molecule has 0 amide bonds. The third-order valence-corrected chi connectivity index (χ3v) is 5.91. The normalized spacial score (nSPS) is 13.1. The second-order valence-corrected chi connectivity index (χ2v) is 8.41. The molecule has 0 bridgehead atoms. The van der Waals surface area contributed by atoms with Gasteiger partial charge in [0.05, 0.1) is 24.9 Å². The fourth-order valence-corrected chi connectivity index (χ4v) is 3.56. The Morgan fingerprint density at radius 2 is 1.24 bits per heavy atom. The molecule has 0 aromatic heterocycles. The number of unbranched alkanes of at least 4 members (excludes halogenated alkanes) is 1. The van der Waals surface area contributed by atoms with Crippen molar-refractivity contribution in [1.82, 2.24) is 5.32 Å². The first kappa shape index (κ1) is 23.6. The third-order valence-electron chi connectivity index (χ3n) is 5.91. The molecule has 0 radical (unpaired) electrons. The van der Waals surface area contributed by atoms with Gasteiger partial charge in [-0.15, -0.1) is 0 Å². The minimum atomic E-state index is -0.870. The van der Waals surface area contributed by atoms with Crippen molar-refractivity contribution in [1.29, 1.82) is 0 Å². The molecule has 2 aromatic rings. The predicted molar refractivity (Wildman–Crippen MR) is 119 cm³/mol. The Hall–Kier alpha value is -1.72. The zero-order chi connectivity index (χ0) is 21.3. The van der Waals surface area contributed by atoms with Gasteiger partial charge in [0.2, 0.25) is 0 Å². The topological polar surface area (TPSA) is 72.7 Å². The number of aryl methyl sites for hydroxylation is 2. The number of rotatable bonds is 12. The first-order valence-electron chi connectivity index (χ1n) is 10.7. The zero-order valence-electron chi connectivity index (χ0n) is 18.1. The Morgan fingerprint density at radius 1 is 0.793 bits per heavy atom. The van der Waals surface area contributed by atoms with Crippen LogP contribution in [0.25, 0.3) is 0 Å². The molecule has 160 valence electrons. The second kappa shape index (κ2) is 11.5. The van der Waals surface area contributed by atoms with Gasteiger partial charge in [0.15, 0.2) is 0 Å². The summed E-state index contributed by atoms with van der Waals surface area (Å²) in [6.07, 6.45) is 3.93. The first-order valence-corrected chi connectivity index (χ1v) is 10.7. The maximum absolute atomic E-state index is 10.5. The minimum absolute atomic E-state index is 0.227. The van der Waals surface area contributed by atoms with Crippen molar-refractivity contribution in [3.8, 4) is 0 Å². The molecule has 0 aliphatic carbocycles. The number of benzene rings is 2. The smallest absolute Gasteiger partial charge is 0.0809 e. The van der Waals surface area contributed by atoms with Gasteiger partial charge >= 0.3 is 0 Å². The standard InChI is InChI=1S/C25H37NO3/c1-19(2)22-12-8-20(9-13-22)6-4-5-7-21-10-14-23(15-11-21)24(29)16-25(17-27,18-28)26-3/h8-15,19,24,26-29H,4-7,16-18H2,1-3H3. The molecule has 0 saturated heterocycles. The van der Waals surface area contributed by atoms with Crippen LogP contribution in [0.5, 0.6) is 0 Å². The maximum atomic E-state index is 10.5. The summed E-state index contributed by atoms with van der Waals surface area (Å²) < 4.78 is 0. The van der Waals surface area contributed by atoms with E-state index in [1.165, 1.54) is 16.7 Å². The fraction of sp³-hybridized carbons (Fsp3) is 0.520. The Kier molecular flexibility index (Phi) is 9.31. The Labute approximate surface area is 175 Å². The monoisotopic (exact) mass is 399 g/mol. The van der Waals surface area contributed by atoms with Gasteiger partial charge < -0.3 is 20.6 Å². The molecule has 29 heavy (non-hydrogen) atoms. The zero-order valence-corrected chi connectivity index (χ0v) is 18.1. The van der Waals surface area contributed by atoms with Crippen molar-refractivity contribution in [2.75, 3.05) is 20.3 Å². The van der Waals surface area contributed by atoms with Crippen molar-refractivity contribution in [3.05, 3.63) is 70.8 Å². The van der Waals surface area contributed by atoms with Crippen LogP contribution in [0.1, 0.15) is 67.4 Å². The SMILES string of the molecule is CNC(CO)(CO)CC(O)c1ccc(CCCCc2ccc(C(C)C)cc2)cc1. The molecule has 1 unspecified atom stereocenters. The van der Waals surface area contributed by atoms with Gasteiger partial charge in [-0.25, -0.2) is 0 Å². The summed E-state index contributed by atoms with van der Waals surface area (Å²) in [6.45, 7) is 3.98. The summed E-state index contributed by atoms with van der Waals surface area (Å²) in [5.74, 6) is 0.576. The van der Waals surface area contributed by atoms with Crippen molar-refractivity contribution >= 4 is 0 Å². The largest absolute Gasteiger partial charge is 0.394 e. The summed E-state index contributed by atoms with van der Waals surface area (Å²) in [7, 11) is 1.68. The highest BCUT2D eigenvalue weighted by molar-refractivity contribution is 5.26. The second-order valence-electron chi connectivity index (χ2n) is 8.41. The molecule has 0 aliphatic heterocycles. The van der Waals surface area contributed by atoms with E-state index >= 15 is 0 Å². The maximum Gasteiger partial charge on any atom is 0.0809 e. The molecular weight excluding hydrogens is 362 g/mol. The van der Waals surface area contributed by atoms with Crippen LogP contribution in [0.4, 0.5) is 0 Å². The van der Waals surface area contributed by atoms with E-state index in [0.29, 0.717) is 5.92 Å². The van der Waals surface area contributed by atoms with E-state index in [2.05, 4.69) is 55.6 Å². The number of aliphatic hydroxyl groups excluding tert-OH is 3. The van der Waals surface area contributed by atoms with E-state index in [4.69, 9.17) is 0 Å². The van der Waals surface area contributed by atoms with Crippen molar-refractivity contribution in [2.45, 2.75) is 63.5 Å². The summed E-state index contributed by atoms with van der Waals surface area (Å²) >= 11 is 0. The summed E-state index contributed by atoms with van der Waals surface area (Å²) in [5, 5.41) is 32.4. The van der Waals surface area contributed by atoms with Crippen LogP contribution < -0.4 is 5.32 Å². The molecule has 4 nitrogen and oxygen atoms in total. The van der Waals surface area contributed by atoms with Gasteiger partial charge in [-0.3, -0.25) is 0 Å². The van der Waals surface area contributed by atoms with E-state index in [0.717, 1.165) is 31.2 Å². The van der Waals surface area contributed by atoms with Crippen LogP contribution in [0.3, 0.4) is 0 Å². The summed E-state index contributed by atoms with van der Waals surface area (Å²) in [6, 6.07) is 17.0. The lowest BCUT2D eigenvalue weighted by atomic mass is 9.90. The lowest BCUT2D eigenvalue weighted by molar-refractivity contribution is 0.0435. The average Bonchev–Trinajstić information content (AvgIpc) is 2.76. The Morgan fingerprint density at radius 3 is 1.62 bits per heavy atom. The quantitative estimate of drug-likeness (QED) is 0.410. The lowest BCUT2D eigenvalue weighted by Gasteiger charge is -2.31. The predicted octanol–water partition coefficient (Wildman–Crippen LogP) is 3.74. The highest BCUT2D eigenvalue weighted by Crippen LogP contribution is 2.24. The molecule has 0 heterocycles. The first-order chi connectivity index (χ1) is 13.9. The van der Waals surface area contributed by atoms with E-state index in [1.807, 2.05) is 12.1 Å². The fourth-order valence-electron chi connectivity index (χ4n) is 3.56. The van der Waals surface area contributed by atoms with Crippen LogP contribution >= 0.6 is 0 Å². The number of hydrogen-bond acceptors (Lipinski definition) is 4. The molecular formula is C25H37NO3. The highest BCUT2D eigenvalue weighted by Gasteiger charge is 2.30. The van der Waals surface area contributed by atoms with Gasteiger partial charge in [-0.05, 0) is 60.9 Å². The van der Waals surface area contributed by atoms with Crippen LogP contribution in [0, 0.1) is 0 Å². The molecule has 0 fully saturated rings. The highest BCUT2D eigenvalue weighted by atomic mass is 16.3. The Bertz CT molecular complexity index is 698. The molecule has 0 aliphatic rings. The average molecular weight is 400 g/mol. The van der Waals surface area contributed by atoms with Crippen LogP contribution in [-0.2, 0) is 12.8 Å².